The first-order valence-corrected chi connectivity index (χ1v) is 5.62. The summed E-state index contributed by atoms with van der Waals surface area (Å²) in [4.78, 5) is 17.6. The van der Waals surface area contributed by atoms with Gasteiger partial charge in [-0.2, -0.15) is 0 Å². The summed E-state index contributed by atoms with van der Waals surface area (Å²) in [7, 11) is 0. The Morgan fingerprint density at radius 3 is 2.40 bits per heavy atom. The summed E-state index contributed by atoms with van der Waals surface area (Å²) in [6.45, 7) is 1.82. The molecule has 0 spiro atoms. The van der Waals surface area contributed by atoms with Gasteiger partial charge in [0.05, 0.1) is 41.2 Å². The zero-order chi connectivity index (χ0) is 14.7. The third-order valence-corrected chi connectivity index (χ3v) is 2.52. The van der Waals surface area contributed by atoms with Crippen LogP contribution >= 0.6 is 0 Å². The molecule has 0 bridgehead atoms. The maximum atomic E-state index is 13.6. The van der Waals surface area contributed by atoms with Crippen LogP contribution in [-0.2, 0) is 6.54 Å². The van der Waals surface area contributed by atoms with Crippen molar-refractivity contribution in [2.24, 2.45) is 0 Å². The van der Waals surface area contributed by atoms with Crippen LogP contribution in [0.3, 0.4) is 0 Å². The number of nitrogens with one attached hydrogen (secondary N) is 1. The van der Waals surface area contributed by atoms with E-state index in [-0.39, 0.29) is 6.54 Å². The fourth-order valence-corrected chi connectivity index (χ4v) is 1.52. The van der Waals surface area contributed by atoms with Crippen molar-refractivity contribution in [3.63, 3.8) is 0 Å². The zero-order valence-corrected chi connectivity index (χ0v) is 10.4. The molecule has 2 rings (SSSR count). The summed E-state index contributed by atoms with van der Waals surface area (Å²) in [5, 5.41) is 13.0. The van der Waals surface area contributed by atoms with Crippen LogP contribution in [0.2, 0.25) is 0 Å². The predicted molar refractivity (Wildman–Crippen MR) is 67.1 cm³/mol. The maximum absolute atomic E-state index is 13.6. The van der Waals surface area contributed by atoms with Crippen molar-refractivity contribution in [2.45, 2.75) is 13.5 Å². The van der Waals surface area contributed by atoms with Gasteiger partial charge in [-0.1, -0.05) is 0 Å². The summed E-state index contributed by atoms with van der Waals surface area (Å²) in [6, 6.07) is 1.32. The fraction of sp³-hybridized carbons (Fsp3) is 0.167. The van der Waals surface area contributed by atoms with E-state index in [2.05, 4.69) is 15.3 Å². The van der Waals surface area contributed by atoms with E-state index in [1.165, 1.54) is 12.4 Å². The Morgan fingerprint density at radius 2 is 1.90 bits per heavy atom. The summed E-state index contributed by atoms with van der Waals surface area (Å²) in [5.41, 5.74) is 0.146. The number of rotatable bonds is 4. The highest BCUT2D eigenvalue weighted by Crippen LogP contribution is 2.25. The van der Waals surface area contributed by atoms with Crippen LogP contribution < -0.4 is 5.32 Å². The van der Waals surface area contributed by atoms with E-state index < -0.39 is 27.9 Å². The van der Waals surface area contributed by atoms with Crippen molar-refractivity contribution < 1.29 is 13.7 Å². The molecule has 1 heterocycles. The highest BCUT2D eigenvalue weighted by Gasteiger charge is 2.16. The minimum absolute atomic E-state index is 0.0545. The number of aromatic nitrogens is 2. The number of hydrogen-bond acceptors (Lipinski definition) is 5. The molecule has 0 radical (unpaired) electrons. The zero-order valence-electron chi connectivity index (χ0n) is 10.4. The predicted octanol–water partition coefficient (Wildman–Crippen LogP) is 2.58. The van der Waals surface area contributed by atoms with Crippen molar-refractivity contribution >= 4 is 11.4 Å². The molecule has 0 aliphatic rings. The topological polar surface area (TPSA) is 81.0 Å². The highest BCUT2D eigenvalue weighted by molar-refractivity contribution is 5.51. The number of nitro groups is 1. The standard InChI is InChI=1S/C12H10F2N4O2/c1-7-4-16-8(5-15-7)6-17-12-10(13)2-9(18(19)20)3-11(12)14/h2-5,17H,6H2,1H3. The molecule has 0 aliphatic carbocycles. The van der Waals surface area contributed by atoms with Crippen LogP contribution in [0.4, 0.5) is 20.2 Å². The van der Waals surface area contributed by atoms with Crippen LogP contribution in [0.5, 0.6) is 0 Å². The lowest BCUT2D eigenvalue weighted by Crippen LogP contribution is -2.06. The van der Waals surface area contributed by atoms with Crippen molar-refractivity contribution in [1.82, 2.24) is 9.97 Å². The van der Waals surface area contributed by atoms with Gasteiger partial charge in [-0.05, 0) is 6.92 Å². The Labute approximate surface area is 112 Å². The molecule has 8 heteroatoms. The second-order valence-electron chi connectivity index (χ2n) is 4.04. The van der Waals surface area contributed by atoms with Gasteiger partial charge in [0.2, 0.25) is 0 Å². The summed E-state index contributed by atoms with van der Waals surface area (Å²) >= 11 is 0. The molecule has 104 valence electrons. The molecule has 0 unspecified atom stereocenters. The van der Waals surface area contributed by atoms with E-state index in [1.54, 1.807) is 6.92 Å². The number of nitro benzene ring substituents is 1. The Balaban J connectivity index is 2.17. The lowest BCUT2D eigenvalue weighted by molar-refractivity contribution is -0.385. The van der Waals surface area contributed by atoms with E-state index in [0.29, 0.717) is 17.8 Å². The average Bonchev–Trinajstić information content (AvgIpc) is 2.39. The Bertz CT molecular complexity index is 623. The first kappa shape index (κ1) is 13.8. The molecule has 0 saturated carbocycles. The van der Waals surface area contributed by atoms with E-state index in [4.69, 9.17) is 0 Å². The number of non-ortho nitro benzene ring substituents is 1. The van der Waals surface area contributed by atoms with Crippen molar-refractivity contribution in [2.75, 3.05) is 5.32 Å². The molecular formula is C12H10F2N4O2. The number of aryl methyl sites for hydroxylation is 1. The molecule has 6 nitrogen and oxygen atoms in total. The largest absolute Gasteiger partial charge is 0.375 e. The van der Waals surface area contributed by atoms with Gasteiger partial charge >= 0.3 is 0 Å². The molecule has 1 N–H and O–H groups in total. The van der Waals surface area contributed by atoms with Crippen LogP contribution in [-0.4, -0.2) is 14.9 Å². The van der Waals surface area contributed by atoms with Crippen molar-refractivity contribution in [1.29, 1.82) is 0 Å². The van der Waals surface area contributed by atoms with E-state index in [9.17, 15) is 18.9 Å². The number of halogens is 2. The van der Waals surface area contributed by atoms with Gasteiger partial charge in [-0.15, -0.1) is 0 Å². The number of nitrogens with zero attached hydrogens (tertiary/aromatic N) is 3. The van der Waals surface area contributed by atoms with Gasteiger partial charge in [0.15, 0.2) is 11.6 Å². The lowest BCUT2D eigenvalue weighted by atomic mass is 10.2. The summed E-state index contributed by atoms with van der Waals surface area (Å²) in [5.74, 6) is -2.06. The number of hydrogen-bond donors (Lipinski definition) is 1. The molecule has 20 heavy (non-hydrogen) atoms. The van der Waals surface area contributed by atoms with Crippen LogP contribution in [0.15, 0.2) is 24.5 Å². The first-order valence-electron chi connectivity index (χ1n) is 5.62. The molecule has 1 aromatic carbocycles. The smallest absolute Gasteiger partial charge is 0.275 e. The van der Waals surface area contributed by atoms with Gasteiger partial charge in [0.1, 0.15) is 5.69 Å². The fourth-order valence-electron chi connectivity index (χ4n) is 1.52. The average molecular weight is 280 g/mol. The Kier molecular flexibility index (Phi) is 3.83. The van der Waals surface area contributed by atoms with Crippen LogP contribution in [0.1, 0.15) is 11.4 Å². The lowest BCUT2D eigenvalue weighted by Gasteiger charge is -2.08. The van der Waals surface area contributed by atoms with E-state index >= 15 is 0 Å². The number of benzene rings is 1. The molecule has 0 aliphatic heterocycles. The second-order valence-corrected chi connectivity index (χ2v) is 4.04. The first-order chi connectivity index (χ1) is 9.47. The third kappa shape index (κ3) is 3.02. The third-order valence-electron chi connectivity index (χ3n) is 2.52. The molecule has 0 saturated heterocycles. The minimum atomic E-state index is -1.03. The van der Waals surface area contributed by atoms with E-state index in [0.717, 1.165) is 5.69 Å². The summed E-state index contributed by atoms with van der Waals surface area (Å²) in [6.07, 6.45) is 3.00. The second kappa shape index (κ2) is 5.55. The van der Waals surface area contributed by atoms with Crippen molar-refractivity contribution in [3.8, 4) is 0 Å². The monoisotopic (exact) mass is 280 g/mol. The maximum Gasteiger partial charge on any atom is 0.275 e. The highest BCUT2D eigenvalue weighted by atomic mass is 19.1. The normalized spacial score (nSPS) is 10.3. The van der Waals surface area contributed by atoms with Gasteiger partial charge in [-0.3, -0.25) is 20.1 Å². The Hall–Kier alpha value is -2.64. The molecule has 0 atom stereocenters. The SMILES string of the molecule is Cc1cnc(CNc2c(F)cc([N+](=O)[O-])cc2F)cn1. The molecular weight excluding hydrogens is 270 g/mol. The quantitative estimate of drug-likeness (QED) is 0.687. The van der Waals surface area contributed by atoms with Crippen LogP contribution in [0, 0.1) is 28.7 Å². The van der Waals surface area contributed by atoms with Gasteiger partial charge in [-0.25, -0.2) is 8.78 Å². The summed E-state index contributed by atoms with van der Waals surface area (Å²) < 4.78 is 27.2. The van der Waals surface area contributed by atoms with Gasteiger partial charge in [0.25, 0.3) is 5.69 Å². The number of anilines is 1. The molecule has 0 amide bonds. The molecule has 0 fully saturated rings. The molecule has 1 aromatic heterocycles. The van der Waals surface area contributed by atoms with Gasteiger partial charge in [0, 0.05) is 6.20 Å². The molecule has 2 aromatic rings. The van der Waals surface area contributed by atoms with Gasteiger partial charge < -0.3 is 5.32 Å². The Morgan fingerprint density at radius 1 is 1.25 bits per heavy atom. The van der Waals surface area contributed by atoms with Crippen LogP contribution in [0.25, 0.3) is 0 Å². The van der Waals surface area contributed by atoms with E-state index in [1.807, 2.05) is 0 Å². The van der Waals surface area contributed by atoms with Crippen molar-refractivity contribution in [3.05, 3.63) is 57.7 Å². The minimum Gasteiger partial charge on any atom is -0.375 e.